The van der Waals surface area contributed by atoms with Gasteiger partial charge in [0.15, 0.2) is 0 Å². The molecule has 2 nitrogen and oxygen atoms in total. The first-order valence-corrected chi connectivity index (χ1v) is 4.95. The first-order valence-electron chi connectivity index (χ1n) is 4.95. The van der Waals surface area contributed by atoms with Gasteiger partial charge in [-0.25, -0.2) is 4.39 Å². The first kappa shape index (κ1) is 12.0. The lowest BCUT2D eigenvalue weighted by molar-refractivity contribution is 0.313. The van der Waals surface area contributed by atoms with Crippen molar-refractivity contribution in [2.75, 3.05) is 7.11 Å². The summed E-state index contributed by atoms with van der Waals surface area (Å²) in [5.41, 5.74) is 6.66. The summed E-state index contributed by atoms with van der Waals surface area (Å²) in [6.07, 6.45) is 0. The standard InChI is InChI=1S/C12H18FNO/c1-12(2,3)11(14)9-7-8(13)5-6-10(9)15-4/h5-7,11H,14H2,1-4H3/t11-/m0/s1. The molecule has 0 saturated heterocycles. The van der Waals surface area contributed by atoms with E-state index < -0.39 is 0 Å². The molecule has 1 aromatic carbocycles. The molecule has 0 saturated carbocycles. The molecule has 0 aliphatic rings. The van der Waals surface area contributed by atoms with Crippen molar-refractivity contribution in [1.29, 1.82) is 0 Å². The predicted octanol–water partition coefficient (Wildman–Crippen LogP) is 2.88. The molecule has 1 rings (SSSR count). The van der Waals surface area contributed by atoms with Crippen LogP contribution in [0.1, 0.15) is 32.4 Å². The van der Waals surface area contributed by atoms with Crippen LogP contribution in [0.5, 0.6) is 5.75 Å². The predicted molar refractivity (Wildman–Crippen MR) is 59.3 cm³/mol. The summed E-state index contributed by atoms with van der Waals surface area (Å²) in [6.45, 7) is 6.05. The highest BCUT2D eigenvalue weighted by atomic mass is 19.1. The molecule has 2 N–H and O–H groups in total. The molecule has 0 spiro atoms. The van der Waals surface area contributed by atoms with E-state index in [0.717, 1.165) is 0 Å². The van der Waals surface area contributed by atoms with Gasteiger partial charge in [0.1, 0.15) is 11.6 Å². The summed E-state index contributed by atoms with van der Waals surface area (Å²) >= 11 is 0. The number of ether oxygens (including phenoxy) is 1. The zero-order chi connectivity index (χ0) is 11.6. The lowest BCUT2D eigenvalue weighted by Gasteiger charge is -2.28. The highest BCUT2D eigenvalue weighted by Gasteiger charge is 2.25. The smallest absolute Gasteiger partial charge is 0.123 e. The van der Waals surface area contributed by atoms with E-state index in [4.69, 9.17) is 10.5 Å². The summed E-state index contributed by atoms with van der Waals surface area (Å²) in [7, 11) is 1.56. The zero-order valence-corrected chi connectivity index (χ0v) is 9.67. The number of nitrogens with two attached hydrogens (primary N) is 1. The molecule has 0 aromatic heterocycles. The number of halogens is 1. The minimum absolute atomic E-state index is 0.124. The molecule has 0 unspecified atom stereocenters. The quantitative estimate of drug-likeness (QED) is 0.816. The van der Waals surface area contributed by atoms with E-state index in [9.17, 15) is 4.39 Å². The zero-order valence-electron chi connectivity index (χ0n) is 9.67. The van der Waals surface area contributed by atoms with E-state index in [1.807, 2.05) is 20.8 Å². The average Bonchev–Trinajstić information content (AvgIpc) is 2.15. The van der Waals surface area contributed by atoms with Gasteiger partial charge < -0.3 is 10.5 Å². The molecule has 0 radical (unpaired) electrons. The van der Waals surface area contributed by atoms with Crippen LogP contribution in [0, 0.1) is 11.2 Å². The second kappa shape index (κ2) is 4.19. The fraction of sp³-hybridized carbons (Fsp3) is 0.500. The maximum absolute atomic E-state index is 13.1. The Morgan fingerprint density at radius 3 is 2.40 bits per heavy atom. The Labute approximate surface area is 90.2 Å². The fourth-order valence-corrected chi connectivity index (χ4v) is 1.41. The summed E-state index contributed by atoms with van der Waals surface area (Å²) in [5, 5.41) is 0. The summed E-state index contributed by atoms with van der Waals surface area (Å²) in [6, 6.07) is 4.17. The number of rotatable bonds is 2. The molecule has 0 amide bonds. The van der Waals surface area contributed by atoms with Crippen LogP contribution in [0.2, 0.25) is 0 Å². The molecule has 84 valence electrons. The normalized spacial score (nSPS) is 13.7. The summed E-state index contributed by atoms with van der Waals surface area (Å²) < 4.78 is 18.3. The van der Waals surface area contributed by atoms with Crippen LogP contribution < -0.4 is 10.5 Å². The van der Waals surface area contributed by atoms with Gasteiger partial charge in [-0.3, -0.25) is 0 Å². The lowest BCUT2D eigenvalue weighted by Crippen LogP contribution is -2.26. The van der Waals surface area contributed by atoms with Gasteiger partial charge in [-0.1, -0.05) is 20.8 Å². The van der Waals surface area contributed by atoms with Gasteiger partial charge in [0.25, 0.3) is 0 Å². The van der Waals surface area contributed by atoms with Crippen LogP contribution in [0.25, 0.3) is 0 Å². The Morgan fingerprint density at radius 2 is 1.93 bits per heavy atom. The highest BCUT2D eigenvalue weighted by molar-refractivity contribution is 5.37. The monoisotopic (exact) mass is 211 g/mol. The van der Waals surface area contributed by atoms with Crippen LogP contribution in [0.4, 0.5) is 4.39 Å². The van der Waals surface area contributed by atoms with Gasteiger partial charge in [-0.2, -0.15) is 0 Å². The van der Waals surface area contributed by atoms with Crippen molar-refractivity contribution in [2.45, 2.75) is 26.8 Å². The third-order valence-corrected chi connectivity index (χ3v) is 2.46. The third kappa shape index (κ3) is 2.69. The molecule has 0 bridgehead atoms. The molecule has 0 aliphatic carbocycles. The summed E-state index contributed by atoms with van der Waals surface area (Å²) in [5.74, 6) is 0.351. The van der Waals surface area contributed by atoms with E-state index in [-0.39, 0.29) is 17.3 Å². The Balaban J connectivity index is 3.17. The molecule has 0 heterocycles. The van der Waals surface area contributed by atoms with Gasteiger partial charge in [-0.05, 0) is 23.6 Å². The van der Waals surface area contributed by atoms with E-state index >= 15 is 0 Å². The Kier molecular flexibility index (Phi) is 3.35. The minimum atomic E-state index is -0.287. The number of benzene rings is 1. The van der Waals surface area contributed by atoms with Gasteiger partial charge in [0.2, 0.25) is 0 Å². The van der Waals surface area contributed by atoms with E-state index in [1.165, 1.54) is 12.1 Å². The van der Waals surface area contributed by atoms with Gasteiger partial charge in [0, 0.05) is 11.6 Å². The Hall–Kier alpha value is -1.09. The molecule has 0 fully saturated rings. The largest absolute Gasteiger partial charge is 0.496 e. The maximum atomic E-state index is 13.1. The van der Waals surface area contributed by atoms with Crippen LogP contribution in [-0.2, 0) is 0 Å². The number of methoxy groups -OCH3 is 1. The molecule has 1 aromatic rings. The van der Waals surface area contributed by atoms with Gasteiger partial charge >= 0.3 is 0 Å². The van der Waals surface area contributed by atoms with Crippen LogP contribution in [0.15, 0.2) is 18.2 Å². The Bertz CT molecular complexity index is 344. The van der Waals surface area contributed by atoms with E-state index in [2.05, 4.69) is 0 Å². The molecular formula is C12H18FNO. The number of hydrogen-bond donors (Lipinski definition) is 1. The van der Waals surface area contributed by atoms with Gasteiger partial charge in [0.05, 0.1) is 7.11 Å². The van der Waals surface area contributed by atoms with Crippen LogP contribution >= 0.6 is 0 Å². The SMILES string of the molecule is COc1ccc(F)cc1[C@H](N)C(C)(C)C. The summed E-state index contributed by atoms with van der Waals surface area (Å²) in [4.78, 5) is 0. The average molecular weight is 211 g/mol. The van der Waals surface area contributed by atoms with Crippen LogP contribution in [-0.4, -0.2) is 7.11 Å². The fourth-order valence-electron chi connectivity index (χ4n) is 1.41. The third-order valence-electron chi connectivity index (χ3n) is 2.46. The highest BCUT2D eigenvalue weighted by Crippen LogP contribution is 2.35. The van der Waals surface area contributed by atoms with Crippen molar-refractivity contribution in [3.05, 3.63) is 29.6 Å². The Morgan fingerprint density at radius 1 is 1.33 bits per heavy atom. The van der Waals surface area contributed by atoms with Crippen molar-refractivity contribution >= 4 is 0 Å². The van der Waals surface area contributed by atoms with Crippen molar-refractivity contribution in [1.82, 2.24) is 0 Å². The van der Waals surface area contributed by atoms with Crippen molar-refractivity contribution < 1.29 is 9.13 Å². The van der Waals surface area contributed by atoms with E-state index in [0.29, 0.717) is 11.3 Å². The maximum Gasteiger partial charge on any atom is 0.123 e. The number of hydrogen-bond acceptors (Lipinski definition) is 2. The molecule has 3 heteroatoms. The lowest BCUT2D eigenvalue weighted by atomic mass is 9.83. The minimum Gasteiger partial charge on any atom is -0.496 e. The van der Waals surface area contributed by atoms with Crippen molar-refractivity contribution in [3.63, 3.8) is 0 Å². The van der Waals surface area contributed by atoms with Crippen molar-refractivity contribution in [3.8, 4) is 5.75 Å². The molecule has 1 atom stereocenters. The molecule has 0 aliphatic heterocycles. The first-order chi connectivity index (χ1) is 6.86. The van der Waals surface area contributed by atoms with Gasteiger partial charge in [-0.15, -0.1) is 0 Å². The van der Waals surface area contributed by atoms with E-state index in [1.54, 1.807) is 13.2 Å². The molecular weight excluding hydrogens is 193 g/mol. The second-order valence-electron chi connectivity index (χ2n) is 4.73. The van der Waals surface area contributed by atoms with Crippen LogP contribution in [0.3, 0.4) is 0 Å². The topological polar surface area (TPSA) is 35.2 Å². The van der Waals surface area contributed by atoms with Crippen molar-refractivity contribution in [2.24, 2.45) is 11.1 Å². The second-order valence-corrected chi connectivity index (χ2v) is 4.73. The molecule has 15 heavy (non-hydrogen) atoms.